The maximum atomic E-state index is 12.5. The van der Waals surface area contributed by atoms with E-state index in [0.29, 0.717) is 0 Å². The molecule has 1 aliphatic carbocycles. The van der Waals surface area contributed by atoms with Crippen molar-refractivity contribution in [1.29, 1.82) is 0 Å². The molecule has 15 heavy (non-hydrogen) atoms. The first-order valence-corrected chi connectivity index (χ1v) is 4.39. The molecule has 2 nitrogen and oxygen atoms in total. The van der Waals surface area contributed by atoms with Gasteiger partial charge in [-0.3, -0.25) is 0 Å². The predicted molar refractivity (Wildman–Crippen MR) is 45.8 cm³/mol. The number of hydrogen-bond acceptors (Lipinski definition) is 2. The molecule has 1 aromatic heterocycles. The third-order valence-corrected chi connectivity index (χ3v) is 2.39. The van der Waals surface area contributed by atoms with Crippen LogP contribution in [0.4, 0.5) is 23.4 Å². The van der Waals surface area contributed by atoms with E-state index in [1.54, 1.807) is 0 Å². The summed E-state index contributed by atoms with van der Waals surface area (Å²) in [5.74, 6) is -0.524. The lowest BCUT2D eigenvalue weighted by Gasteiger charge is -2.20. The van der Waals surface area contributed by atoms with Gasteiger partial charge in [-0.15, -0.1) is 0 Å². The van der Waals surface area contributed by atoms with Crippen LogP contribution in [0, 0.1) is 5.82 Å². The Balaban J connectivity index is 2.13. The molecule has 0 aromatic carbocycles. The molecule has 1 fully saturated rings. The van der Waals surface area contributed by atoms with Crippen LogP contribution in [0.15, 0.2) is 18.3 Å². The Bertz CT molecular complexity index is 353. The number of aromatic nitrogens is 1. The summed E-state index contributed by atoms with van der Waals surface area (Å²) >= 11 is 0. The molecule has 1 aliphatic rings. The Hall–Kier alpha value is -1.33. The summed E-state index contributed by atoms with van der Waals surface area (Å²) in [5, 5.41) is 2.29. The van der Waals surface area contributed by atoms with E-state index in [4.69, 9.17) is 0 Å². The molecule has 0 saturated heterocycles. The second-order valence-corrected chi connectivity index (χ2v) is 3.57. The van der Waals surface area contributed by atoms with Crippen molar-refractivity contribution in [2.75, 3.05) is 5.32 Å². The van der Waals surface area contributed by atoms with E-state index < -0.39 is 17.5 Å². The highest BCUT2D eigenvalue weighted by molar-refractivity contribution is 5.41. The van der Waals surface area contributed by atoms with E-state index in [2.05, 4.69) is 10.3 Å². The van der Waals surface area contributed by atoms with Gasteiger partial charge >= 0.3 is 6.18 Å². The largest absolute Gasteiger partial charge is 0.411 e. The zero-order valence-electron chi connectivity index (χ0n) is 7.61. The molecule has 0 bridgehead atoms. The Morgan fingerprint density at radius 3 is 2.33 bits per heavy atom. The minimum atomic E-state index is -4.29. The number of hydrogen-bond donors (Lipinski definition) is 1. The smallest absolute Gasteiger partial charge is 0.356 e. The van der Waals surface area contributed by atoms with Gasteiger partial charge in [0.1, 0.15) is 17.2 Å². The average molecular weight is 220 g/mol. The van der Waals surface area contributed by atoms with Crippen LogP contribution >= 0.6 is 0 Å². The fraction of sp³-hybridized carbons (Fsp3) is 0.444. The van der Waals surface area contributed by atoms with Crippen molar-refractivity contribution in [3.8, 4) is 0 Å². The second kappa shape index (κ2) is 3.08. The van der Waals surface area contributed by atoms with Gasteiger partial charge < -0.3 is 5.32 Å². The summed E-state index contributed by atoms with van der Waals surface area (Å²) in [6.07, 6.45) is -3.33. The van der Waals surface area contributed by atoms with Gasteiger partial charge in [-0.05, 0) is 25.0 Å². The molecule has 6 heteroatoms. The van der Waals surface area contributed by atoms with Gasteiger partial charge in [0.15, 0.2) is 0 Å². The van der Waals surface area contributed by atoms with Crippen LogP contribution in [-0.4, -0.2) is 16.7 Å². The minimum absolute atomic E-state index is 0.0373. The van der Waals surface area contributed by atoms with Crippen LogP contribution in [0.25, 0.3) is 0 Å². The van der Waals surface area contributed by atoms with Gasteiger partial charge in [0.25, 0.3) is 0 Å². The van der Waals surface area contributed by atoms with Crippen LogP contribution in [0.3, 0.4) is 0 Å². The van der Waals surface area contributed by atoms with Crippen molar-refractivity contribution < 1.29 is 17.6 Å². The number of pyridine rings is 1. The van der Waals surface area contributed by atoms with Crippen molar-refractivity contribution in [2.24, 2.45) is 0 Å². The Kier molecular flexibility index (Phi) is 2.09. The zero-order chi connectivity index (χ0) is 11.1. The van der Waals surface area contributed by atoms with Crippen LogP contribution in [0.2, 0.25) is 0 Å². The van der Waals surface area contributed by atoms with E-state index in [1.807, 2.05) is 0 Å². The SMILES string of the molecule is Fc1ccc(NC2(C(F)(F)F)CC2)nc1. The molecule has 2 rings (SSSR count). The summed E-state index contributed by atoms with van der Waals surface area (Å²) in [5.41, 5.74) is -1.85. The molecular weight excluding hydrogens is 212 g/mol. The maximum Gasteiger partial charge on any atom is 0.411 e. The molecule has 0 spiro atoms. The van der Waals surface area contributed by atoms with Crippen molar-refractivity contribution in [2.45, 2.75) is 24.6 Å². The van der Waals surface area contributed by atoms with Gasteiger partial charge in [0.05, 0.1) is 6.20 Å². The van der Waals surface area contributed by atoms with Crippen molar-refractivity contribution in [3.63, 3.8) is 0 Å². The first-order chi connectivity index (χ1) is 6.93. The number of anilines is 1. The molecule has 82 valence electrons. The zero-order valence-corrected chi connectivity index (χ0v) is 7.61. The van der Waals surface area contributed by atoms with E-state index in [9.17, 15) is 17.6 Å². The van der Waals surface area contributed by atoms with Crippen LogP contribution in [0.1, 0.15) is 12.8 Å². The summed E-state index contributed by atoms with van der Waals surface area (Å²) in [4.78, 5) is 3.53. The van der Waals surface area contributed by atoms with Gasteiger partial charge in [-0.1, -0.05) is 0 Å². The molecule has 1 heterocycles. The standard InChI is InChI=1S/C9H8F4N2/c10-6-1-2-7(14-5-6)15-8(3-4-8)9(11,12)13/h1-2,5H,3-4H2,(H,14,15). The average Bonchev–Trinajstić information content (AvgIpc) is 2.89. The highest BCUT2D eigenvalue weighted by Gasteiger charge is 2.63. The number of halogens is 4. The first kappa shape index (κ1) is 10.2. The van der Waals surface area contributed by atoms with Crippen LogP contribution in [0.5, 0.6) is 0 Å². The predicted octanol–water partition coefficient (Wildman–Crippen LogP) is 2.73. The Morgan fingerprint density at radius 1 is 1.27 bits per heavy atom. The Morgan fingerprint density at radius 2 is 1.93 bits per heavy atom. The fourth-order valence-corrected chi connectivity index (χ4v) is 1.30. The maximum absolute atomic E-state index is 12.5. The lowest BCUT2D eigenvalue weighted by molar-refractivity contribution is -0.151. The molecule has 0 amide bonds. The van der Waals surface area contributed by atoms with E-state index >= 15 is 0 Å². The lowest BCUT2D eigenvalue weighted by Crippen LogP contribution is -2.38. The highest BCUT2D eigenvalue weighted by atomic mass is 19.4. The molecule has 0 unspecified atom stereocenters. The second-order valence-electron chi connectivity index (χ2n) is 3.57. The molecule has 1 N–H and O–H groups in total. The quantitative estimate of drug-likeness (QED) is 0.775. The van der Waals surface area contributed by atoms with Gasteiger partial charge in [-0.25, -0.2) is 9.37 Å². The van der Waals surface area contributed by atoms with E-state index in [1.165, 1.54) is 6.07 Å². The topological polar surface area (TPSA) is 24.9 Å². The van der Waals surface area contributed by atoms with Crippen LogP contribution in [-0.2, 0) is 0 Å². The summed E-state index contributed by atoms with van der Waals surface area (Å²) in [6, 6.07) is 2.27. The van der Waals surface area contributed by atoms with Gasteiger partial charge in [0, 0.05) is 0 Å². The minimum Gasteiger partial charge on any atom is -0.356 e. The number of nitrogens with one attached hydrogen (secondary N) is 1. The van der Waals surface area contributed by atoms with Gasteiger partial charge in [-0.2, -0.15) is 13.2 Å². The summed E-state index contributed by atoms with van der Waals surface area (Å²) in [6.45, 7) is 0. The molecule has 0 atom stereocenters. The highest BCUT2D eigenvalue weighted by Crippen LogP contribution is 2.50. The third kappa shape index (κ3) is 1.88. The van der Waals surface area contributed by atoms with E-state index in [0.717, 1.165) is 12.3 Å². The van der Waals surface area contributed by atoms with Crippen molar-refractivity contribution in [3.05, 3.63) is 24.1 Å². The molecule has 1 saturated carbocycles. The number of nitrogens with zero attached hydrogens (tertiary/aromatic N) is 1. The fourth-order valence-electron chi connectivity index (χ4n) is 1.30. The summed E-state index contributed by atoms with van der Waals surface area (Å²) in [7, 11) is 0. The van der Waals surface area contributed by atoms with Gasteiger partial charge in [0.2, 0.25) is 0 Å². The normalized spacial score (nSPS) is 18.7. The number of rotatable bonds is 2. The molecule has 0 aliphatic heterocycles. The van der Waals surface area contributed by atoms with Crippen molar-refractivity contribution >= 4 is 5.82 Å². The lowest BCUT2D eigenvalue weighted by atomic mass is 10.2. The first-order valence-electron chi connectivity index (χ1n) is 4.39. The monoisotopic (exact) mass is 220 g/mol. The van der Waals surface area contributed by atoms with Crippen LogP contribution < -0.4 is 5.32 Å². The van der Waals surface area contributed by atoms with E-state index in [-0.39, 0.29) is 18.7 Å². The molecule has 0 radical (unpaired) electrons. The molecular formula is C9H8F4N2. The third-order valence-electron chi connectivity index (χ3n) is 2.39. The van der Waals surface area contributed by atoms with Crippen molar-refractivity contribution in [1.82, 2.24) is 4.98 Å². The molecule has 1 aromatic rings. The summed E-state index contributed by atoms with van der Waals surface area (Å²) < 4.78 is 49.9. The Labute approximate surface area is 83.3 Å². The number of alkyl halides is 3.